The summed E-state index contributed by atoms with van der Waals surface area (Å²) in [5.74, 6) is 0.679. The Morgan fingerprint density at radius 3 is 2.56 bits per heavy atom. The fourth-order valence-corrected chi connectivity index (χ4v) is 2.00. The molecule has 0 saturated carbocycles. The van der Waals surface area contributed by atoms with E-state index in [1.165, 1.54) is 0 Å². The molecule has 1 aromatic rings. The molecule has 0 fully saturated rings. The maximum Gasteiger partial charge on any atom is 0.348 e. The van der Waals surface area contributed by atoms with Crippen molar-refractivity contribution in [2.24, 2.45) is 5.92 Å². The van der Waals surface area contributed by atoms with Crippen molar-refractivity contribution in [2.75, 3.05) is 0 Å². The van der Waals surface area contributed by atoms with Crippen LogP contribution in [0.25, 0.3) is 0 Å². The second-order valence-electron chi connectivity index (χ2n) is 4.57. The van der Waals surface area contributed by atoms with Crippen molar-refractivity contribution >= 4 is 15.9 Å². The number of rotatable bonds is 4. The van der Waals surface area contributed by atoms with Gasteiger partial charge in [0.05, 0.1) is 10.2 Å². The molecule has 0 aromatic carbocycles. The van der Waals surface area contributed by atoms with Crippen molar-refractivity contribution < 1.29 is 0 Å². The Hall–Kier alpha value is -0.640. The predicted octanol–water partition coefficient (Wildman–Crippen LogP) is 3.06. The second-order valence-corrected chi connectivity index (χ2v) is 5.36. The number of halogens is 1. The molecular weight excluding hydrogens is 268 g/mol. The van der Waals surface area contributed by atoms with Crippen LogP contribution < -0.4 is 5.69 Å². The van der Waals surface area contributed by atoms with Crippen LogP contribution in [-0.2, 0) is 6.54 Å². The van der Waals surface area contributed by atoms with Gasteiger partial charge in [0.2, 0.25) is 0 Å². The van der Waals surface area contributed by atoms with Gasteiger partial charge in [-0.1, -0.05) is 13.8 Å². The van der Waals surface area contributed by atoms with Crippen LogP contribution in [-0.4, -0.2) is 9.55 Å². The average Bonchev–Trinajstić information content (AvgIpc) is 2.19. The zero-order valence-electron chi connectivity index (χ0n) is 10.4. The van der Waals surface area contributed by atoms with Crippen molar-refractivity contribution in [1.82, 2.24) is 9.55 Å². The van der Waals surface area contributed by atoms with Crippen LogP contribution in [0.1, 0.15) is 38.1 Å². The van der Waals surface area contributed by atoms with Gasteiger partial charge in [-0.05, 0) is 48.5 Å². The molecule has 1 aromatic heterocycles. The highest BCUT2D eigenvalue weighted by Crippen LogP contribution is 2.17. The summed E-state index contributed by atoms with van der Waals surface area (Å²) in [5, 5.41) is 0. The number of aryl methyl sites for hydroxylation is 1. The Bertz CT molecular complexity index is 424. The smallest absolute Gasteiger partial charge is 0.295 e. The molecule has 0 unspecified atom stereocenters. The van der Waals surface area contributed by atoms with E-state index in [0.29, 0.717) is 5.92 Å². The molecule has 0 aliphatic rings. The Morgan fingerprint density at radius 1 is 1.38 bits per heavy atom. The first-order valence-electron chi connectivity index (χ1n) is 5.67. The Labute approximate surface area is 105 Å². The van der Waals surface area contributed by atoms with E-state index < -0.39 is 0 Å². The largest absolute Gasteiger partial charge is 0.348 e. The normalized spacial score (nSPS) is 11.1. The lowest BCUT2D eigenvalue weighted by Crippen LogP contribution is -2.26. The van der Waals surface area contributed by atoms with Gasteiger partial charge in [-0.15, -0.1) is 0 Å². The zero-order valence-corrected chi connectivity index (χ0v) is 12.0. The third kappa shape index (κ3) is 3.17. The molecule has 3 nitrogen and oxygen atoms in total. The van der Waals surface area contributed by atoms with Crippen molar-refractivity contribution in [3.05, 3.63) is 26.3 Å². The first kappa shape index (κ1) is 13.4. The first-order chi connectivity index (χ1) is 7.43. The van der Waals surface area contributed by atoms with E-state index in [-0.39, 0.29) is 5.69 Å². The summed E-state index contributed by atoms with van der Waals surface area (Å²) < 4.78 is 2.69. The summed E-state index contributed by atoms with van der Waals surface area (Å²) in [6.45, 7) is 8.94. The molecule has 1 heterocycles. The molecule has 0 aliphatic heterocycles. The molecule has 0 radical (unpaired) electrons. The van der Waals surface area contributed by atoms with Gasteiger partial charge in [0, 0.05) is 12.2 Å². The van der Waals surface area contributed by atoms with Crippen LogP contribution in [0.5, 0.6) is 0 Å². The Kier molecular flexibility index (Phi) is 4.71. The van der Waals surface area contributed by atoms with Crippen molar-refractivity contribution in [1.29, 1.82) is 0 Å². The molecule has 0 N–H and O–H groups in total. The summed E-state index contributed by atoms with van der Waals surface area (Å²) in [5.41, 5.74) is 1.60. The minimum absolute atomic E-state index is 0.137. The van der Waals surface area contributed by atoms with Gasteiger partial charge in [-0.3, -0.25) is 4.57 Å². The van der Waals surface area contributed by atoms with E-state index in [1.54, 1.807) is 4.57 Å². The maximum absolute atomic E-state index is 11.7. The van der Waals surface area contributed by atoms with Crippen molar-refractivity contribution in [2.45, 2.75) is 47.1 Å². The van der Waals surface area contributed by atoms with Gasteiger partial charge in [0.25, 0.3) is 0 Å². The van der Waals surface area contributed by atoms with E-state index in [1.807, 2.05) is 13.8 Å². The van der Waals surface area contributed by atoms with E-state index in [0.717, 1.165) is 35.2 Å². The van der Waals surface area contributed by atoms with Gasteiger partial charge in [0.15, 0.2) is 0 Å². The summed E-state index contributed by atoms with van der Waals surface area (Å²) in [4.78, 5) is 15.7. The fourth-order valence-electron chi connectivity index (χ4n) is 1.70. The Balaban J connectivity index is 2.88. The molecule has 90 valence electrons. The highest BCUT2D eigenvalue weighted by atomic mass is 79.9. The lowest BCUT2D eigenvalue weighted by molar-refractivity contribution is 0.495. The van der Waals surface area contributed by atoms with Crippen LogP contribution in [0.2, 0.25) is 0 Å². The molecule has 0 amide bonds. The molecule has 0 saturated heterocycles. The van der Waals surface area contributed by atoms with Gasteiger partial charge < -0.3 is 0 Å². The van der Waals surface area contributed by atoms with Gasteiger partial charge in [0.1, 0.15) is 0 Å². The minimum atomic E-state index is -0.137. The van der Waals surface area contributed by atoms with Crippen molar-refractivity contribution in [3.8, 4) is 0 Å². The quantitative estimate of drug-likeness (QED) is 0.853. The molecule has 1 rings (SSSR count). The summed E-state index contributed by atoms with van der Waals surface area (Å²) in [6, 6.07) is 0. The zero-order chi connectivity index (χ0) is 12.3. The number of hydrogen-bond donors (Lipinski definition) is 0. The van der Waals surface area contributed by atoms with Crippen LogP contribution in [0.15, 0.2) is 9.27 Å². The van der Waals surface area contributed by atoms with Crippen LogP contribution in [0.4, 0.5) is 0 Å². The third-order valence-electron chi connectivity index (χ3n) is 2.70. The fraction of sp³-hybridized carbons (Fsp3) is 0.667. The summed E-state index contributed by atoms with van der Waals surface area (Å²) >= 11 is 3.46. The second kappa shape index (κ2) is 5.62. The van der Waals surface area contributed by atoms with E-state index in [2.05, 4.69) is 34.8 Å². The molecule has 0 bridgehead atoms. The lowest BCUT2D eigenvalue weighted by Gasteiger charge is -2.12. The van der Waals surface area contributed by atoms with Crippen LogP contribution in [0.3, 0.4) is 0 Å². The van der Waals surface area contributed by atoms with Crippen molar-refractivity contribution in [3.63, 3.8) is 0 Å². The molecule has 4 heteroatoms. The molecular formula is C12H19BrN2O. The average molecular weight is 287 g/mol. The number of nitrogens with zero attached hydrogens (tertiary/aromatic N) is 2. The third-order valence-corrected chi connectivity index (χ3v) is 3.85. The monoisotopic (exact) mass is 286 g/mol. The SMILES string of the molecule is Cc1nc(=O)n(CCCC(C)C)c(C)c1Br. The molecule has 16 heavy (non-hydrogen) atoms. The standard InChI is InChI=1S/C12H19BrN2O/c1-8(2)6-5-7-15-10(4)11(13)9(3)14-12(15)16/h8H,5-7H2,1-4H3. The number of aromatic nitrogens is 2. The molecule has 0 spiro atoms. The molecule has 0 atom stereocenters. The van der Waals surface area contributed by atoms with Gasteiger partial charge in [-0.2, -0.15) is 4.98 Å². The number of hydrogen-bond acceptors (Lipinski definition) is 2. The van der Waals surface area contributed by atoms with Gasteiger partial charge >= 0.3 is 5.69 Å². The highest BCUT2D eigenvalue weighted by Gasteiger charge is 2.08. The molecule has 0 aliphatic carbocycles. The minimum Gasteiger partial charge on any atom is -0.295 e. The predicted molar refractivity (Wildman–Crippen MR) is 69.7 cm³/mol. The van der Waals surface area contributed by atoms with E-state index in [4.69, 9.17) is 0 Å². The summed E-state index contributed by atoms with van der Waals surface area (Å²) in [7, 11) is 0. The first-order valence-corrected chi connectivity index (χ1v) is 6.46. The lowest BCUT2D eigenvalue weighted by atomic mass is 10.1. The summed E-state index contributed by atoms with van der Waals surface area (Å²) in [6.07, 6.45) is 2.16. The van der Waals surface area contributed by atoms with E-state index >= 15 is 0 Å². The van der Waals surface area contributed by atoms with Crippen LogP contribution in [0, 0.1) is 19.8 Å². The van der Waals surface area contributed by atoms with Crippen LogP contribution >= 0.6 is 15.9 Å². The Morgan fingerprint density at radius 2 is 2.00 bits per heavy atom. The topological polar surface area (TPSA) is 34.9 Å². The maximum atomic E-state index is 11.7. The van der Waals surface area contributed by atoms with E-state index in [9.17, 15) is 4.79 Å². The highest BCUT2D eigenvalue weighted by molar-refractivity contribution is 9.10. The van der Waals surface area contributed by atoms with Gasteiger partial charge in [-0.25, -0.2) is 4.79 Å².